The first-order valence-corrected chi connectivity index (χ1v) is 9.57. The maximum absolute atomic E-state index is 12.1. The minimum atomic E-state index is -0.531. The van der Waals surface area contributed by atoms with Gasteiger partial charge in [0.05, 0.1) is 27.7 Å². The van der Waals surface area contributed by atoms with Crippen LogP contribution >= 0.6 is 46.1 Å². The van der Waals surface area contributed by atoms with Crippen LogP contribution < -0.4 is 5.43 Å². The van der Waals surface area contributed by atoms with E-state index in [1.165, 1.54) is 17.6 Å². The molecule has 0 spiro atoms. The number of hydrogen-bond acceptors (Lipinski definition) is 6. The van der Waals surface area contributed by atoms with Crippen molar-refractivity contribution >= 4 is 79.8 Å². The van der Waals surface area contributed by atoms with Crippen molar-refractivity contribution in [1.82, 2.24) is 0 Å². The third-order valence-corrected chi connectivity index (χ3v) is 5.26. The average molecular weight is 441 g/mol. The Labute approximate surface area is 174 Å². The molecule has 0 fully saturated rings. The zero-order chi connectivity index (χ0) is 19.4. The van der Waals surface area contributed by atoms with Crippen LogP contribution in [0, 0.1) is 0 Å². The van der Waals surface area contributed by atoms with Gasteiger partial charge in [0.1, 0.15) is 4.88 Å². The van der Waals surface area contributed by atoms with Crippen LogP contribution in [-0.2, 0) is 4.84 Å². The van der Waals surface area contributed by atoms with Crippen LogP contribution in [0.2, 0.25) is 15.1 Å². The van der Waals surface area contributed by atoms with E-state index in [9.17, 15) is 4.79 Å². The van der Waals surface area contributed by atoms with Crippen LogP contribution in [0.5, 0.6) is 0 Å². The molecule has 0 aliphatic carbocycles. The van der Waals surface area contributed by atoms with Crippen molar-refractivity contribution in [3.8, 4) is 0 Å². The van der Waals surface area contributed by atoms with Crippen LogP contribution in [0.15, 0.2) is 52.7 Å². The number of fused-ring (bicyclic) bond motifs is 1. The van der Waals surface area contributed by atoms with Gasteiger partial charge in [-0.15, -0.1) is 11.3 Å². The first-order chi connectivity index (χ1) is 12.9. The lowest BCUT2D eigenvalue weighted by molar-refractivity contribution is 0.0525. The molecule has 0 atom stereocenters. The van der Waals surface area contributed by atoms with Crippen molar-refractivity contribution in [2.75, 3.05) is 5.43 Å². The Balaban J connectivity index is 1.62. The summed E-state index contributed by atoms with van der Waals surface area (Å²) in [5, 5.41) is 9.80. The summed E-state index contributed by atoms with van der Waals surface area (Å²) < 4.78 is 1.01. The van der Waals surface area contributed by atoms with Crippen molar-refractivity contribution < 1.29 is 9.63 Å². The molecule has 0 saturated heterocycles. The van der Waals surface area contributed by atoms with Crippen LogP contribution in [0.1, 0.15) is 16.6 Å². The second-order valence-corrected chi connectivity index (χ2v) is 7.71. The Morgan fingerprint density at radius 2 is 1.85 bits per heavy atom. The number of halogens is 3. The Morgan fingerprint density at radius 3 is 2.56 bits per heavy atom. The predicted octanol–water partition coefficient (Wildman–Crippen LogP) is 6.49. The molecule has 138 valence electrons. The second kappa shape index (κ2) is 8.71. The summed E-state index contributed by atoms with van der Waals surface area (Å²) in [6, 6.07) is 12.6. The molecule has 0 unspecified atom stereocenters. The number of nitrogens with one attached hydrogen (secondary N) is 1. The number of hydrazone groups is 1. The highest BCUT2D eigenvalue weighted by atomic mass is 35.5. The summed E-state index contributed by atoms with van der Waals surface area (Å²) in [5.74, 6) is -0.531. The van der Waals surface area contributed by atoms with E-state index in [-0.39, 0.29) is 0 Å². The van der Waals surface area contributed by atoms with E-state index in [4.69, 9.17) is 39.6 Å². The van der Waals surface area contributed by atoms with Crippen molar-refractivity contribution in [1.29, 1.82) is 0 Å². The number of rotatable bonds is 5. The summed E-state index contributed by atoms with van der Waals surface area (Å²) in [4.78, 5) is 17.4. The van der Waals surface area contributed by atoms with Gasteiger partial charge in [-0.25, -0.2) is 4.79 Å². The third kappa shape index (κ3) is 4.99. The van der Waals surface area contributed by atoms with Crippen LogP contribution in [-0.4, -0.2) is 17.9 Å². The summed E-state index contributed by atoms with van der Waals surface area (Å²) in [5.41, 5.74) is 3.59. The molecule has 9 heteroatoms. The highest BCUT2D eigenvalue weighted by Crippen LogP contribution is 2.33. The van der Waals surface area contributed by atoms with Gasteiger partial charge < -0.3 is 4.84 Å². The third-order valence-electron chi connectivity index (χ3n) is 3.35. The van der Waals surface area contributed by atoms with Gasteiger partial charge in [0.25, 0.3) is 0 Å². The molecule has 3 aromatic rings. The van der Waals surface area contributed by atoms with Crippen LogP contribution in [0.25, 0.3) is 10.1 Å². The van der Waals surface area contributed by atoms with Gasteiger partial charge in [-0.3, -0.25) is 5.43 Å². The molecule has 0 bridgehead atoms. The molecule has 0 radical (unpaired) electrons. The smallest absolute Gasteiger partial charge is 0.312 e. The number of benzene rings is 2. The fraction of sp³-hybridized carbons (Fsp3) is 0.0556. The molecule has 0 saturated carbocycles. The highest BCUT2D eigenvalue weighted by molar-refractivity contribution is 7.20. The summed E-state index contributed by atoms with van der Waals surface area (Å²) >= 11 is 19.3. The van der Waals surface area contributed by atoms with Gasteiger partial charge in [0.2, 0.25) is 0 Å². The first-order valence-electron chi connectivity index (χ1n) is 7.62. The number of hydrogen-bond donors (Lipinski definition) is 1. The minimum absolute atomic E-state index is 0.331. The molecule has 1 heterocycles. The number of nitrogens with zero attached hydrogens (tertiary/aromatic N) is 2. The second-order valence-electron chi connectivity index (χ2n) is 5.37. The number of anilines is 1. The molecule has 0 amide bonds. The van der Waals surface area contributed by atoms with Gasteiger partial charge >= 0.3 is 5.97 Å². The lowest BCUT2D eigenvalue weighted by Gasteiger charge is -2.06. The summed E-state index contributed by atoms with van der Waals surface area (Å²) in [6.45, 7) is 1.67. The number of oxime groups is 1. The van der Waals surface area contributed by atoms with Gasteiger partial charge in [-0.05, 0) is 36.6 Å². The number of thiophene rings is 1. The van der Waals surface area contributed by atoms with E-state index >= 15 is 0 Å². The molecule has 1 aromatic heterocycles. The first kappa shape index (κ1) is 19.6. The Bertz CT molecular complexity index is 1010. The standard InChI is InChI=1S/C18H12Cl3N3O2S/c1-10(23-24-17-13(20)7-12(19)8-14(17)21)9-22-26-18(25)16-6-11-4-2-3-5-15(11)27-16/h2-9,24H,1H3/b22-9-,23-10-. The summed E-state index contributed by atoms with van der Waals surface area (Å²) in [7, 11) is 0. The predicted molar refractivity (Wildman–Crippen MR) is 114 cm³/mol. The normalized spacial score (nSPS) is 11.9. The Morgan fingerprint density at radius 1 is 1.15 bits per heavy atom. The van der Waals surface area contributed by atoms with Crippen molar-refractivity contribution in [3.05, 3.63) is 62.4 Å². The SMILES string of the molecule is CC(/C=N\OC(=O)c1cc2ccccc2s1)=N/Nc1c(Cl)cc(Cl)cc1Cl. The minimum Gasteiger partial charge on any atom is -0.312 e. The van der Waals surface area contributed by atoms with Crippen molar-refractivity contribution in [2.45, 2.75) is 6.92 Å². The fourth-order valence-corrected chi connectivity index (χ4v) is 3.94. The van der Waals surface area contributed by atoms with Crippen LogP contribution in [0.4, 0.5) is 5.69 Å². The maximum atomic E-state index is 12.1. The van der Waals surface area contributed by atoms with Gasteiger partial charge in [-0.2, -0.15) is 5.10 Å². The zero-order valence-corrected chi connectivity index (χ0v) is 17.0. The topological polar surface area (TPSA) is 63.0 Å². The molecular formula is C18H12Cl3N3O2S. The molecule has 1 N–H and O–H groups in total. The maximum Gasteiger partial charge on any atom is 0.375 e. The fourth-order valence-electron chi connectivity index (χ4n) is 2.10. The van der Waals surface area contributed by atoms with E-state index < -0.39 is 5.97 Å². The molecule has 2 aromatic carbocycles. The number of carbonyl (C=O) groups excluding carboxylic acids is 1. The van der Waals surface area contributed by atoms with Crippen molar-refractivity contribution in [3.63, 3.8) is 0 Å². The monoisotopic (exact) mass is 439 g/mol. The lowest BCUT2D eigenvalue weighted by Crippen LogP contribution is -2.02. The largest absolute Gasteiger partial charge is 0.375 e. The number of carbonyl (C=O) groups is 1. The van der Waals surface area contributed by atoms with Gasteiger partial charge in [-0.1, -0.05) is 58.2 Å². The van der Waals surface area contributed by atoms with E-state index in [1.54, 1.807) is 25.1 Å². The van der Waals surface area contributed by atoms with E-state index in [1.807, 2.05) is 24.3 Å². The van der Waals surface area contributed by atoms with E-state index in [0.29, 0.717) is 31.3 Å². The molecule has 27 heavy (non-hydrogen) atoms. The van der Waals surface area contributed by atoms with Crippen LogP contribution in [0.3, 0.4) is 0 Å². The average Bonchev–Trinajstić information content (AvgIpc) is 3.05. The molecule has 0 aliphatic heterocycles. The Kier molecular flexibility index (Phi) is 6.34. The quantitative estimate of drug-likeness (QED) is 0.280. The lowest BCUT2D eigenvalue weighted by atomic mass is 10.2. The van der Waals surface area contributed by atoms with Gasteiger partial charge in [0.15, 0.2) is 0 Å². The molecular weight excluding hydrogens is 429 g/mol. The molecule has 5 nitrogen and oxygen atoms in total. The molecule has 3 rings (SSSR count). The van der Waals surface area contributed by atoms with Crippen molar-refractivity contribution in [2.24, 2.45) is 10.3 Å². The zero-order valence-electron chi connectivity index (χ0n) is 13.9. The highest BCUT2D eigenvalue weighted by Gasteiger charge is 2.11. The Hall–Kier alpha value is -2.12. The van der Waals surface area contributed by atoms with E-state index in [0.717, 1.165) is 10.1 Å². The van der Waals surface area contributed by atoms with E-state index in [2.05, 4.69) is 15.7 Å². The molecule has 0 aliphatic rings. The summed E-state index contributed by atoms with van der Waals surface area (Å²) in [6.07, 6.45) is 1.30. The van der Waals surface area contributed by atoms with Gasteiger partial charge in [0, 0.05) is 9.72 Å².